The van der Waals surface area contributed by atoms with E-state index >= 15 is 0 Å². The Morgan fingerprint density at radius 2 is 2.11 bits per heavy atom. The number of aliphatic hydroxyl groups excluding tert-OH is 1. The van der Waals surface area contributed by atoms with Crippen molar-refractivity contribution in [2.75, 3.05) is 39.3 Å². The molecule has 0 radical (unpaired) electrons. The molecule has 0 aliphatic carbocycles. The Morgan fingerprint density at radius 1 is 1.33 bits per heavy atom. The average molecular weight is 268 g/mol. The second-order valence-electron chi connectivity index (χ2n) is 4.53. The molecule has 1 saturated heterocycles. The van der Waals surface area contributed by atoms with Gasteiger partial charge in [0.1, 0.15) is 0 Å². The summed E-state index contributed by atoms with van der Waals surface area (Å²) in [6.07, 6.45) is 1.47. The highest BCUT2D eigenvalue weighted by atomic mass is 32.1. The van der Waals surface area contributed by atoms with Crippen molar-refractivity contribution in [3.05, 3.63) is 22.4 Å². The van der Waals surface area contributed by atoms with Gasteiger partial charge in [-0.05, 0) is 17.9 Å². The molecule has 4 nitrogen and oxygen atoms in total. The first kappa shape index (κ1) is 13.5. The predicted octanol–water partition coefficient (Wildman–Crippen LogP) is 0.817. The van der Waals surface area contributed by atoms with Crippen LogP contribution in [0.25, 0.3) is 0 Å². The van der Waals surface area contributed by atoms with Gasteiger partial charge in [-0.15, -0.1) is 11.3 Å². The summed E-state index contributed by atoms with van der Waals surface area (Å²) >= 11 is 1.71. The zero-order valence-corrected chi connectivity index (χ0v) is 11.4. The van der Waals surface area contributed by atoms with Gasteiger partial charge in [0.05, 0.1) is 6.61 Å². The Kier molecular flexibility index (Phi) is 5.16. The van der Waals surface area contributed by atoms with E-state index in [4.69, 9.17) is 5.11 Å². The molecule has 18 heavy (non-hydrogen) atoms. The largest absolute Gasteiger partial charge is 0.395 e. The second-order valence-corrected chi connectivity index (χ2v) is 5.56. The van der Waals surface area contributed by atoms with Gasteiger partial charge >= 0.3 is 0 Å². The number of hydrogen-bond donors (Lipinski definition) is 1. The molecule has 2 rings (SSSR count). The number of amides is 1. The third-order valence-electron chi connectivity index (χ3n) is 3.31. The van der Waals surface area contributed by atoms with Gasteiger partial charge in [-0.2, -0.15) is 0 Å². The molecule has 0 saturated carbocycles. The minimum absolute atomic E-state index is 0.201. The molecule has 0 aromatic carbocycles. The van der Waals surface area contributed by atoms with Crippen molar-refractivity contribution in [2.24, 2.45) is 0 Å². The van der Waals surface area contributed by atoms with Crippen molar-refractivity contribution in [1.29, 1.82) is 0 Å². The fourth-order valence-electron chi connectivity index (χ4n) is 2.21. The van der Waals surface area contributed by atoms with Crippen molar-refractivity contribution in [3.63, 3.8) is 0 Å². The molecule has 0 spiro atoms. The van der Waals surface area contributed by atoms with Crippen LogP contribution in [-0.4, -0.2) is 60.1 Å². The summed E-state index contributed by atoms with van der Waals surface area (Å²) in [5, 5.41) is 10.9. The van der Waals surface area contributed by atoms with E-state index in [1.807, 2.05) is 16.3 Å². The minimum atomic E-state index is 0.201. The van der Waals surface area contributed by atoms with Gasteiger partial charge in [-0.1, -0.05) is 6.07 Å². The van der Waals surface area contributed by atoms with Crippen LogP contribution in [0.1, 0.15) is 11.3 Å². The SMILES string of the molecule is O=C(CCc1cccs1)N1CCN(CCO)CC1. The molecular weight excluding hydrogens is 248 g/mol. The fourth-order valence-corrected chi connectivity index (χ4v) is 2.91. The van der Waals surface area contributed by atoms with Crippen LogP contribution in [0.2, 0.25) is 0 Å². The standard InChI is InChI=1S/C13H20N2O2S/c16-10-9-14-5-7-15(8-6-14)13(17)4-3-12-2-1-11-18-12/h1-2,11,16H,3-10H2. The topological polar surface area (TPSA) is 43.8 Å². The van der Waals surface area contributed by atoms with Gasteiger partial charge in [0.2, 0.25) is 5.91 Å². The molecule has 100 valence electrons. The van der Waals surface area contributed by atoms with Gasteiger partial charge in [0.25, 0.3) is 0 Å². The molecule has 1 fully saturated rings. The molecular formula is C13H20N2O2S. The van der Waals surface area contributed by atoms with E-state index < -0.39 is 0 Å². The van der Waals surface area contributed by atoms with Crippen LogP contribution in [0.5, 0.6) is 0 Å². The number of aliphatic hydroxyl groups is 1. The summed E-state index contributed by atoms with van der Waals surface area (Å²) in [6.45, 7) is 4.27. The molecule has 1 aromatic rings. The van der Waals surface area contributed by atoms with Crippen LogP contribution in [0.4, 0.5) is 0 Å². The maximum atomic E-state index is 12.0. The molecule has 1 N–H and O–H groups in total. The molecule has 5 heteroatoms. The van der Waals surface area contributed by atoms with Gasteiger partial charge in [-0.3, -0.25) is 9.69 Å². The highest BCUT2D eigenvalue weighted by Gasteiger charge is 2.20. The van der Waals surface area contributed by atoms with Crippen LogP contribution in [0.3, 0.4) is 0 Å². The van der Waals surface area contributed by atoms with E-state index in [0.29, 0.717) is 6.42 Å². The first-order chi connectivity index (χ1) is 8.79. The smallest absolute Gasteiger partial charge is 0.223 e. The number of thiophene rings is 1. The van der Waals surface area contributed by atoms with Gasteiger partial charge in [0, 0.05) is 44.0 Å². The van der Waals surface area contributed by atoms with Gasteiger partial charge in [-0.25, -0.2) is 0 Å². The third-order valence-corrected chi connectivity index (χ3v) is 4.24. The Hall–Kier alpha value is -0.910. The monoisotopic (exact) mass is 268 g/mol. The third kappa shape index (κ3) is 3.80. The first-order valence-corrected chi connectivity index (χ1v) is 7.31. The summed E-state index contributed by atoms with van der Waals surface area (Å²) in [6, 6.07) is 4.11. The molecule has 0 unspecified atom stereocenters. The number of carbonyl (C=O) groups is 1. The van der Waals surface area contributed by atoms with Crippen LogP contribution < -0.4 is 0 Å². The highest BCUT2D eigenvalue weighted by Crippen LogP contribution is 2.12. The lowest BCUT2D eigenvalue weighted by Gasteiger charge is -2.34. The minimum Gasteiger partial charge on any atom is -0.395 e. The fraction of sp³-hybridized carbons (Fsp3) is 0.615. The highest BCUT2D eigenvalue weighted by molar-refractivity contribution is 7.09. The van der Waals surface area contributed by atoms with E-state index in [2.05, 4.69) is 11.0 Å². The number of carbonyl (C=O) groups excluding carboxylic acids is 1. The maximum absolute atomic E-state index is 12.0. The molecule has 1 aliphatic rings. The number of rotatable bonds is 5. The Labute approximate surface area is 112 Å². The molecule has 0 atom stereocenters. The van der Waals surface area contributed by atoms with Crippen molar-refractivity contribution < 1.29 is 9.90 Å². The Balaban J connectivity index is 1.70. The lowest BCUT2D eigenvalue weighted by atomic mass is 10.2. The zero-order chi connectivity index (χ0) is 12.8. The summed E-state index contributed by atoms with van der Waals surface area (Å²) in [4.78, 5) is 17.4. The molecule has 1 aliphatic heterocycles. The van der Waals surface area contributed by atoms with E-state index in [9.17, 15) is 4.79 Å². The second kappa shape index (κ2) is 6.87. The van der Waals surface area contributed by atoms with Crippen molar-refractivity contribution in [3.8, 4) is 0 Å². The van der Waals surface area contributed by atoms with Crippen molar-refractivity contribution in [2.45, 2.75) is 12.8 Å². The lowest BCUT2D eigenvalue weighted by molar-refractivity contribution is -0.132. The van der Waals surface area contributed by atoms with Crippen LogP contribution in [-0.2, 0) is 11.2 Å². The predicted molar refractivity (Wildman–Crippen MR) is 72.7 cm³/mol. The number of piperazine rings is 1. The first-order valence-electron chi connectivity index (χ1n) is 6.43. The van der Waals surface area contributed by atoms with Crippen LogP contribution in [0.15, 0.2) is 17.5 Å². The number of β-amino-alcohol motifs (C(OH)–C–C–N with tert-alkyl or cyclic N) is 1. The van der Waals surface area contributed by atoms with Crippen LogP contribution in [0, 0.1) is 0 Å². The molecule has 2 heterocycles. The summed E-state index contributed by atoms with van der Waals surface area (Å²) in [5.41, 5.74) is 0. The van der Waals surface area contributed by atoms with Gasteiger partial charge in [0.15, 0.2) is 0 Å². The van der Waals surface area contributed by atoms with E-state index in [-0.39, 0.29) is 12.5 Å². The van der Waals surface area contributed by atoms with E-state index in [0.717, 1.165) is 39.1 Å². The maximum Gasteiger partial charge on any atom is 0.223 e. The summed E-state index contributed by atoms with van der Waals surface area (Å²) < 4.78 is 0. The number of nitrogens with zero attached hydrogens (tertiary/aromatic N) is 2. The molecule has 1 aromatic heterocycles. The Morgan fingerprint density at radius 3 is 2.72 bits per heavy atom. The van der Waals surface area contributed by atoms with Gasteiger partial charge < -0.3 is 10.0 Å². The van der Waals surface area contributed by atoms with Crippen molar-refractivity contribution in [1.82, 2.24) is 9.80 Å². The molecule has 1 amide bonds. The van der Waals surface area contributed by atoms with Crippen molar-refractivity contribution >= 4 is 17.2 Å². The zero-order valence-electron chi connectivity index (χ0n) is 10.5. The quantitative estimate of drug-likeness (QED) is 0.860. The summed E-state index contributed by atoms with van der Waals surface area (Å²) in [5.74, 6) is 0.257. The van der Waals surface area contributed by atoms with E-state index in [1.165, 1.54) is 4.88 Å². The Bertz CT molecular complexity index is 359. The number of aryl methyl sites for hydroxylation is 1. The number of hydrogen-bond acceptors (Lipinski definition) is 4. The van der Waals surface area contributed by atoms with E-state index in [1.54, 1.807) is 11.3 Å². The molecule has 0 bridgehead atoms. The lowest BCUT2D eigenvalue weighted by Crippen LogP contribution is -2.49. The normalized spacial score (nSPS) is 17.1. The average Bonchev–Trinajstić information content (AvgIpc) is 2.90. The summed E-state index contributed by atoms with van der Waals surface area (Å²) in [7, 11) is 0. The van der Waals surface area contributed by atoms with Crippen LogP contribution >= 0.6 is 11.3 Å².